The van der Waals surface area contributed by atoms with Crippen molar-refractivity contribution in [2.24, 2.45) is 5.41 Å². The van der Waals surface area contributed by atoms with Crippen LogP contribution in [0.3, 0.4) is 0 Å². The second kappa shape index (κ2) is 16.4. The summed E-state index contributed by atoms with van der Waals surface area (Å²) >= 11 is 0. The number of fused-ring (bicyclic) bond motifs is 1. The van der Waals surface area contributed by atoms with Crippen molar-refractivity contribution in [1.29, 1.82) is 0 Å². The lowest BCUT2D eigenvalue weighted by Crippen LogP contribution is -2.70. The van der Waals surface area contributed by atoms with Crippen molar-refractivity contribution >= 4 is 29.8 Å². The van der Waals surface area contributed by atoms with E-state index in [0.29, 0.717) is 5.56 Å². The van der Waals surface area contributed by atoms with Crippen molar-refractivity contribution in [2.75, 3.05) is 20.3 Å². The highest BCUT2D eigenvalue weighted by molar-refractivity contribution is 5.75. The van der Waals surface area contributed by atoms with E-state index >= 15 is 0 Å². The van der Waals surface area contributed by atoms with Gasteiger partial charge in [-0.3, -0.25) is 24.0 Å². The van der Waals surface area contributed by atoms with Gasteiger partial charge in [-0.2, -0.15) is 0 Å². The van der Waals surface area contributed by atoms with Crippen molar-refractivity contribution in [3.63, 3.8) is 0 Å². The van der Waals surface area contributed by atoms with Crippen LogP contribution in [0.5, 0.6) is 0 Å². The van der Waals surface area contributed by atoms with Gasteiger partial charge in [0.05, 0.1) is 12.0 Å². The first-order valence-electron chi connectivity index (χ1n) is 15.9. The molecule has 1 aromatic rings. The van der Waals surface area contributed by atoms with Crippen LogP contribution in [0.1, 0.15) is 60.3 Å². The van der Waals surface area contributed by atoms with Crippen LogP contribution in [-0.4, -0.2) is 111 Å². The average Bonchev–Trinajstić information content (AvgIpc) is 3.02. The number of benzene rings is 1. The maximum Gasteiger partial charge on any atom is 0.311 e. The fourth-order valence-corrected chi connectivity index (χ4v) is 5.73. The summed E-state index contributed by atoms with van der Waals surface area (Å²) in [6.07, 6.45) is -12.0. The predicted molar refractivity (Wildman–Crippen MR) is 164 cm³/mol. The van der Waals surface area contributed by atoms with Crippen molar-refractivity contribution in [3.05, 3.63) is 35.9 Å². The van der Waals surface area contributed by atoms with Gasteiger partial charge in [0.25, 0.3) is 0 Å². The standard InChI is InChI=1S/C33H45NO15/c1-16(35)34-23-26(24-21(46-30(23)40-8)14-41-29(48-24)20-12-10-9-11-13-20)49-31-28(45-19(4)38)27(44-18(3)37)25(43-17(2)36)22(47-31)15-42-32(39)33(5,6)7/h9-13,21-31H,14-15H2,1-8H3,(H,34,35)/t21-,22-,23-,24+,25+,26-,27+,28-,29?,30+,31+/m1/s1. The van der Waals surface area contributed by atoms with Gasteiger partial charge in [0.1, 0.15) is 37.1 Å². The fraction of sp³-hybridized carbons (Fsp3) is 0.667. The van der Waals surface area contributed by atoms with Crippen LogP contribution in [-0.2, 0) is 71.3 Å². The molecular weight excluding hydrogens is 650 g/mol. The summed E-state index contributed by atoms with van der Waals surface area (Å²) in [5, 5.41) is 2.79. The van der Waals surface area contributed by atoms with Crippen LogP contribution in [0.15, 0.2) is 30.3 Å². The Balaban J connectivity index is 1.77. The zero-order valence-corrected chi connectivity index (χ0v) is 28.8. The second-order valence-electron chi connectivity index (χ2n) is 12.9. The molecule has 11 atom stereocenters. The molecule has 0 aliphatic carbocycles. The number of hydrogen-bond donors (Lipinski definition) is 1. The molecule has 16 heteroatoms. The van der Waals surface area contributed by atoms with E-state index in [2.05, 4.69) is 5.32 Å². The Morgan fingerprint density at radius 3 is 1.98 bits per heavy atom. The highest BCUT2D eigenvalue weighted by Gasteiger charge is 2.57. The number of hydrogen-bond acceptors (Lipinski definition) is 15. The van der Waals surface area contributed by atoms with Gasteiger partial charge in [0.15, 0.2) is 37.2 Å². The molecule has 3 heterocycles. The average molecular weight is 696 g/mol. The highest BCUT2D eigenvalue weighted by atomic mass is 16.8. The van der Waals surface area contributed by atoms with Crippen LogP contribution >= 0.6 is 0 Å². The van der Waals surface area contributed by atoms with Gasteiger partial charge in [0.2, 0.25) is 5.91 Å². The lowest BCUT2D eigenvalue weighted by atomic mass is 9.94. The summed E-state index contributed by atoms with van der Waals surface area (Å²) in [5.41, 5.74) is -0.193. The van der Waals surface area contributed by atoms with E-state index in [-0.39, 0.29) is 6.61 Å². The number of rotatable bonds is 10. The molecular formula is C33H45NO15. The zero-order chi connectivity index (χ0) is 36.0. The van der Waals surface area contributed by atoms with Crippen LogP contribution in [0.2, 0.25) is 0 Å². The first-order valence-corrected chi connectivity index (χ1v) is 15.9. The molecule has 1 unspecified atom stereocenters. The summed E-state index contributed by atoms with van der Waals surface area (Å²) in [4.78, 5) is 62.4. The van der Waals surface area contributed by atoms with E-state index in [1.807, 2.05) is 30.3 Å². The summed E-state index contributed by atoms with van der Waals surface area (Å²) in [5.74, 6) is -3.42. The van der Waals surface area contributed by atoms with Crippen molar-refractivity contribution < 1.29 is 71.3 Å². The number of carbonyl (C=O) groups excluding carboxylic acids is 5. The molecule has 1 N–H and O–H groups in total. The first-order chi connectivity index (χ1) is 23.1. The van der Waals surface area contributed by atoms with E-state index in [4.69, 9.17) is 47.4 Å². The highest BCUT2D eigenvalue weighted by Crippen LogP contribution is 2.38. The van der Waals surface area contributed by atoms with Gasteiger partial charge >= 0.3 is 23.9 Å². The van der Waals surface area contributed by atoms with Gasteiger partial charge in [0, 0.05) is 40.4 Å². The molecule has 3 fully saturated rings. The molecule has 0 saturated carbocycles. The molecule has 0 radical (unpaired) electrons. The number of methoxy groups -OCH3 is 1. The van der Waals surface area contributed by atoms with E-state index in [9.17, 15) is 24.0 Å². The lowest BCUT2D eigenvalue weighted by Gasteiger charge is -2.51. The van der Waals surface area contributed by atoms with Gasteiger partial charge in [-0.15, -0.1) is 0 Å². The third-order valence-electron chi connectivity index (χ3n) is 7.79. The molecule has 3 aliphatic rings. The summed E-state index contributed by atoms with van der Waals surface area (Å²) in [6.45, 7) is 9.20. The molecule has 49 heavy (non-hydrogen) atoms. The Morgan fingerprint density at radius 2 is 1.41 bits per heavy atom. The molecule has 3 aliphatic heterocycles. The van der Waals surface area contributed by atoms with Gasteiger partial charge in [-0.05, 0) is 20.8 Å². The van der Waals surface area contributed by atoms with Crippen LogP contribution in [0.4, 0.5) is 0 Å². The smallest absolute Gasteiger partial charge is 0.311 e. The molecule has 16 nitrogen and oxygen atoms in total. The van der Waals surface area contributed by atoms with E-state index in [1.54, 1.807) is 20.8 Å². The third-order valence-corrected chi connectivity index (χ3v) is 7.79. The molecule has 0 bridgehead atoms. The normalized spacial score (nSPS) is 32.9. The number of amides is 1. The van der Waals surface area contributed by atoms with E-state index < -0.39 is 109 Å². The zero-order valence-electron chi connectivity index (χ0n) is 28.8. The minimum atomic E-state index is -1.57. The van der Waals surface area contributed by atoms with E-state index in [1.165, 1.54) is 14.0 Å². The molecule has 272 valence electrons. The second-order valence-corrected chi connectivity index (χ2v) is 12.9. The number of ether oxygens (including phenoxy) is 10. The van der Waals surface area contributed by atoms with Crippen molar-refractivity contribution in [1.82, 2.24) is 5.32 Å². The SMILES string of the molecule is CO[C@H]1O[C@@H]2COC(c3ccccc3)O[C@@H]2[C@H](O[C@@H]2O[C@H](COC(=O)C(C)(C)C)[C@H](OC(C)=O)[C@H](OC(C)=O)[C@H]2OC(C)=O)[C@H]1NC(C)=O. The quantitative estimate of drug-likeness (QED) is 0.273. The minimum Gasteiger partial charge on any atom is -0.462 e. The van der Waals surface area contributed by atoms with Crippen LogP contribution in [0.25, 0.3) is 0 Å². The third kappa shape index (κ3) is 9.73. The Labute approximate surface area is 284 Å². The van der Waals surface area contributed by atoms with Gasteiger partial charge in [-0.25, -0.2) is 0 Å². The van der Waals surface area contributed by atoms with Gasteiger partial charge in [-0.1, -0.05) is 30.3 Å². The monoisotopic (exact) mass is 695 g/mol. The number of carbonyl (C=O) groups is 5. The van der Waals surface area contributed by atoms with Crippen molar-refractivity contribution in [3.8, 4) is 0 Å². The topological polar surface area (TPSA) is 190 Å². The lowest BCUT2D eigenvalue weighted by molar-refractivity contribution is -0.376. The van der Waals surface area contributed by atoms with Gasteiger partial charge < -0.3 is 52.7 Å². The maximum absolute atomic E-state index is 12.8. The van der Waals surface area contributed by atoms with Crippen molar-refractivity contribution in [2.45, 2.75) is 116 Å². The molecule has 0 spiro atoms. The molecule has 4 rings (SSSR count). The summed E-state index contributed by atoms with van der Waals surface area (Å²) in [6, 6.07) is 8.10. The fourth-order valence-electron chi connectivity index (χ4n) is 5.73. The molecule has 1 amide bonds. The van der Waals surface area contributed by atoms with Crippen LogP contribution in [0, 0.1) is 5.41 Å². The molecule has 3 saturated heterocycles. The summed E-state index contributed by atoms with van der Waals surface area (Å²) < 4.78 is 59.2. The largest absolute Gasteiger partial charge is 0.462 e. The Bertz CT molecular complexity index is 1330. The number of esters is 4. The molecule has 1 aromatic carbocycles. The Hall–Kier alpha value is -3.67. The predicted octanol–water partition coefficient (Wildman–Crippen LogP) is 1.47. The first kappa shape index (κ1) is 38.1. The molecule has 0 aromatic heterocycles. The Morgan fingerprint density at radius 1 is 0.796 bits per heavy atom. The number of nitrogens with one attached hydrogen (secondary N) is 1. The minimum absolute atomic E-state index is 0.0472. The van der Waals surface area contributed by atoms with E-state index in [0.717, 1.165) is 20.8 Å². The van der Waals surface area contributed by atoms with Crippen LogP contribution < -0.4 is 5.32 Å². The maximum atomic E-state index is 12.8. The summed E-state index contributed by atoms with van der Waals surface area (Å²) in [7, 11) is 1.38. The Kier molecular flexibility index (Phi) is 12.7.